The van der Waals surface area contributed by atoms with Crippen LogP contribution in [0.2, 0.25) is 0 Å². The highest BCUT2D eigenvalue weighted by Crippen LogP contribution is 2.28. The number of anilines is 1. The highest BCUT2D eigenvalue weighted by atomic mass is 32.2. The van der Waals surface area contributed by atoms with Crippen molar-refractivity contribution in [2.75, 3.05) is 5.32 Å². The number of ether oxygens (including phenoxy) is 1. The lowest BCUT2D eigenvalue weighted by Crippen LogP contribution is -2.23. The van der Waals surface area contributed by atoms with E-state index in [1.807, 2.05) is 49.8 Å². The van der Waals surface area contributed by atoms with Gasteiger partial charge >= 0.3 is 0 Å². The number of aromatic nitrogens is 4. The lowest BCUT2D eigenvalue weighted by atomic mass is 10.1. The minimum Gasteiger partial charge on any atom is -0.485 e. The average Bonchev–Trinajstić information content (AvgIpc) is 3.28. The van der Waals surface area contributed by atoms with Gasteiger partial charge in [0.15, 0.2) is 16.1 Å². The third-order valence-electron chi connectivity index (χ3n) is 4.45. The van der Waals surface area contributed by atoms with E-state index in [1.54, 1.807) is 0 Å². The van der Waals surface area contributed by atoms with Crippen LogP contribution in [0, 0.1) is 20.8 Å². The van der Waals surface area contributed by atoms with Gasteiger partial charge in [-0.15, -0.1) is 21.5 Å². The number of carbonyl (C=O) groups excluding carboxylic acids is 1. The van der Waals surface area contributed by atoms with Gasteiger partial charge in [0.25, 0.3) is 0 Å². The first-order valence-electron chi connectivity index (χ1n) is 9.78. The van der Waals surface area contributed by atoms with Crippen LogP contribution >= 0.6 is 23.1 Å². The van der Waals surface area contributed by atoms with E-state index in [0.29, 0.717) is 16.9 Å². The summed E-state index contributed by atoms with van der Waals surface area (Å²) in [6.45, 7) is 12.3. The standard InChI is InChI=1S/C21H27N5O2S2/c1-12(2)26-18(10-28-17-9-13(3)7-8-14(17)4)24-25-21(26)30-16(6)19(27)23-20-22-15(5)11-29-20/h7-9,11-12,16H,10H2,1-6H3,(H,22,23,27). The average molecular weight is 446 g/mol. The lowest BCUT2D eigenvalue weighted by Gasteiger charge is -2.16. The molecule has 1 atom stereocenters. The summed E-state index contributed by atoms with van der Waals surface area (Å²) < 4.78 is 8.04. The molecule has 7 nitrogen and oxygen atoms in total. The molecule has 0 aliphatic heterocycles. The largest absolute Gasteiger partial charge is 0.485 e. The molecular formula is C21H27N5O2S2. The Hall–Kier alpha value is -2.39. The first-order chi connectivity index (χ1) is 14.2. The maximum atomic E-state index is 12.5. The second-order valence-electron chi connectivity index (χ2n) is 7.46. The number of amides is 1. The summed E-state index contributed by atoms with van der Waals surface area (Å²) in [6.07, 6.45) is 0. The predicted molar refractivity (Wildman–Crippen MR) is 121 cm³/mol. The Morgan fingerprint density at radius 1 is 1.23 bits per heavy atom. The molecule has 0 aliphatic rings. The molecule has 2 aromatic heterocycles. The Labute approximate surface area is 185 Å². The highest BCUT2D eigenvalue weighted by Gasteiger charge is 2.22. The van der Waals surface area contributed by atoms with E-state index in [2.05, 4.69) is 40.4 Å². The van der Waals surface area contributed by atoms with Crippen LogP contribution < -0.4 is 10.1 Å². The molecule has 30 heavy (non-hydrogen) atoms. The second-order valence-corrected chi connectivity index (χ2v) is 9.63. The minimum absolute atomic E-state index is 0.110. The van der Waals surface area contributed by atoms with Crippen molar-refractivity contribution in [3.8, 4) is 5.75 Å². The number of aryl methyl sites for hydroxylation is 3. The van der Waals surface area contributed by atoms with E-state index >= 15 is 0 Å². The van der Waals surface area contributed by atoms with Gasteiger partial charge in [0.05, 0.1) is 10.9 Å². The van der Waals surface area contributed by atoms with Gasteiger partial charge in [0.1, 0.15) is 12.4 Å². The van der Waals surface area contributed by atoms with Crippen LogP contribution in [0.3, 0.4) is 0 Å². The smallest absolute Gasteiger partial charge is 0.239 e. The number of carbonyl (C=O) groups is 1. The first kappa shape index (κ1) is 22.3. The number of nitrogens with zero attached hydrogens (tertiary/aromatic N) is 4. The fraction of sp³-hybridized carbons (Fsp3) is 0.429. The quantitative estimate of drug-likeness (QED) is 0.495. The number of nitrogens with one attached hydrogen (secondary N) is 1. The van der Waals surface area contributed by atoms with E-state index in [0.717, 1.165) is 28.4 Å². The molecule has 1 N–H and O–H groups in total. The number of rotatable bonds is 8. The fourth-order valence-corrected chi connectivity index (χ4v) is 4.53. The van der Waals surface area contributed by atoms with Crippen LogP contribution in [0.25, 0.3) is 0 Å². The lowest BCUT2D eigenvalue weighted by molar-refractivity contribution is -0.115. The van der Waals surface area contributed by atoms with Gasteiger partial charge < -0.3 is 14.6 Å². The molecule has 0 spiro atoms. The zero-order valence-electron chi connectivity index (χ0n) is 18.1. The third-order valence-corrected chi connectivity index (χ3v) is 6.38. The molecule has 1 unspecified atom stereocenters. The molecule has 0 radical (unpaired) electrons. The Bertz CT molecular complexity index is 1030. The summed E-state index contributed by atoms with van der Waals surface area (Å²) in [5, 5.41) is 14.4. The summed E-state index contributed by atoms with van der Waals surface area (Å²) in [5.74, 6) is 1.46. The SMILES string of the molecule is Cc1ccc(C)c(OCc2nnc(SC(C)C(=O)Nc3nc(C)cs3)n2C(C)C)c1. The molecule has 3 rings (SSSR count). The van der Waals surface area contributed by atoms with Crippen LogP contribution in [-0.4, -0.2) is 30.9 Å². The van der Waals surface area contributed by atoms with Crippen LogP contribution in [0.15, 0.2) is 28.7 Å². The van der Waals surface area contributed by atoms with Crippen molar-refractivity contribution >= 4 is 34.1 Å². The molecular weight excluding hydrogens is 418 g/mol. The molecule has 0 bridgehead atoms. The van der Waals surface area contributed by atoms with Gasteiger partial charge in [-0.2, -0.15) is 0 Å². The van der Waals surface area contributed by atoms with E-state index in [1.165, 1.54) is 23.1 Å². The van der Waals surface area contributed by atoms with Crippen LogP contribution in [0.5, 0.6) is 5.75 Å². The summed E-state index contributed by atoms with van der Waals surface area (Å²) in [4.78, 5) is 16.8. The molecule has 160 valence electrons. The Morgan fingerprint density at radius 3 is 2.67 bits per heavy atom. The van der Waals surface area contributed by atoms with Gasteiger partial charge in [0.2, 0.25) is 5.91 Å². The normalized spacial score (nSPS) is 12.2. The van der Waals surface area contributed by atoms with E-state index < -0.39 is 0 Å². The second kappa shape index (κ2) is 9.61. The fourth-order valence-electron chi connectivity index (χ4n) is 2.84. The molecule has 1 aromatic carbocycles. The van der Waals surface area contributed by atoms with Crippen molar-refractivity contribution in [1.29, 1.82) is 0 Å². The number of benzene rings is 1. The molecule has 0 saturated heterocycles. The van der Waals surface area contributed by atoms with Crippen LogP contribution in [-0.2, 0) is 11.4 Å². The van der Waals surface area contributed by atoms with Crippen molar-refractivity contribution in [2.24, 2.45) is 0 Å². The molecule has 0 saturated carbocycles. The van der Waals surface area contributed by atoms with E-state index in [9.17, 15) is 4.79 Å². The number of hydrogen-bond acceptors (Lipinski definition) is 7. The summed E-state index contributed by atoms with van der Waals surface area (Å²) in [5.41, 5.74) is 3.12. The topological polar surface area (TPSA) is 81.9 Å². The molecule has 2 heterocycles. The van der Waals surface area contributed by atoms with Crippen molar-refractivity contribution in [3.63, 3.8) is 0 Å². The summed E-state index contributed by atoms with van der Waals surface area (Å²) in [6, 6.07) is 6.26. The van der Waals surface area contributed by atoms with Gasteiger partial charge in [-0.3, -0.25) is 4.79 Å². The molecule has 3 aromatic rings. The molecule has 0 fully saturated rings. The van der Waals surface area contributed by atoms with Gasteiger partial charge in [-0.05, 0) is 58.7 Å². The van der Waals surface area contributed by atoms with Gasteiger partial charge in [-0.1, -0.05) is 23.9 Å². The van der Waals surface area contributed by atoms with E-state index in [-0.39, 0.29) is 17.2 Å². The minimum atomic E-state index is -0.344. The van der Waals surface area contributed by atoms with Crippen molar-refractivity contribution < 1.29 is 9.53 Å². The first-order valence-corrected chi connectivity index (χ1v) is 11.5. The van der Waals surface area contributed by atoms with Crippen molar-refractivity contribution in [2.45, 2.75) is 64.6 Å². The zero-order chi connectivity index (χ0) is 21.8. The number of hydrogen-bond donors (Lipinski definition) is 1. The molecule has 9 heteroatoms. The predicted octanol–water partition coefficient (Wildman–Crippen LogP) is 4.94. The zero-order valence-corrected chi connectivity index (χ0v) is 19.7. The van der Waals surface area contributed by atoms with Crippen LogP contribution in [0.4, 0.5) is 5.13 Å². The van der Waals surface area contributed by atoms with Gasteiger partial charge in [0, 0.05) is 11.4 Å². The maximum absolute atomic E-state index is 12.5. The van der Waals surface area contributed by atoms with Crippen molar-refractivity contribution in [1.82, 2.24) is 19.7 Å². The number of thioether (sulfide) groups is 1. The maximum Gasteiger partial charge on any atom is 0.239 e. The highest BCUT2D eigenvalue weighted by molar-refractivity contribution is 8.00. The van der Waals surface area contributed by atoms with Crippen LogP contribution in [0.1, 0.15) is 49.5 Å². The summed E-state index contributed by atoms with van der Waals surface area (Å²) in [7, 11) is 0. The Morgan fingerprint density at radius 2 is 2.00 bits per heavy atom. The van der Waals surface area contributed by atoms with E-state index in [4.69, 9.17) is 4.74 Å². The molecule has 0 aliphatic carbocycles. The third kappa shape index (κ3) is 5.40. The Kier molecular flexibility index (Phi) is 7.14. The van der Waals surface area contributed by atoms with Gasteiger partial charge in [-0.25, -0.2) is 4.98 Å². The monoisotopic (exact) mass is 445 g/mol. The molecule has 1 amide bonds. The summed E-state index contributed by atoms with van der Waals surface area (Å²) >= 11 is 2.80. The van der Waals surface area contributed by atoms with Crippen molar-refractivity contribution in [3.05, 3.63) is 46.2 Å². The Balaban J connectivity index is 1.70. The number of thiazole rings is 1.